The summed E-state index contributed by atoms with van der Waals surface area (Å²) < 4.78 is 122. The molecule has 0 aliphatic carbocycles. The quantitative estimate of drug-likeness (QED) is 0.549. The van der Waals surface area contributed by atoms with E-state index in [1.54, 1.807) is 0 Å². The van der Waals surface area contributed by atoms with E-state index in [9.17, 15) is 44.3 Å². The molecule has 20 heavy (non-hydrogen) atoms. The molecular weight excluding hydrogens is 319 g/mol. The van der Waals surface area contributed by atoms with Crippen LogP contribution in [0, 0.1) is 0 Å². The van der Waals surface area contributed by atoms with Crippen molar-refractivity contribution in [2.45, 2.75) is 30.1 Å². The van der Waals surface area contributed by atoms with Crippen LogP contribution in [0.15, 0.2) is 0 Å². The van der Waals surface area contributed by atoms with Crippen molar-refractivity contribution in [1.82, 2.24) is 0 Å². The van der Waals surface area contributed by atoms with Crippen LogP contribution < -0.4 is 0 Å². The van der Waals surface area contributed by atoms with Crippen LogP contribution in [0.4, 0.5) is 39.5 Å². The third-order valence-corrected chi connectivity index (χ3v) is 2.12. The van der Waals surface area contributed by atoms with Gasteiger partial charge in [-0.2, -0.15) is 39.5 Å². The van der Waals surface area contributed by atoms with Gasteiger partial charge < -0.3 is 4.74 Å². The number of rotatable bonds is 1. The van der Waals surface area contributed by atoms with Gasteiger partial charge in [-0.05, 0) is 0 Å². The lowest BCUT2D eigenvalue weighted by molar-refractivity contribution is -0.397. The molecule has 0 amide bonds. The van der Waals surface area contributed by atoms with Gasteiger partial charge >= 0.3 is 36.1 Å². The Bertz CT molecular complexity index is 415. The maximum absolute atomic E-state index is 13.2. The summed E-state index contributed by atoms with van der Waals surface area (Å²) in [4.78, 5) is 10.8. The summed E-state index contributed by atoms with van der Waals surface area (Å²) in [5.74, 6) is -14.2. The van der Waals surface area contributed by atoms with Crippen LogP contribution in [0.5, 0.6) is 0 Å². The van der Waals surface area contributed by atoms with E-state index in [-0.39, 0.29) is 7.11 Å². The molecule has 2 atom stereocenters. The molecular formula is C7H3F9O4. The predicted octanol–water partition coefficient (Wildman–Crippen LogP) is 2.29. The van der Waals surface area contributed by atoms with Crippen molar-refractivity contribution in [3.8, 4) is 0 Å². The minimum absolute atomic E-state index is 0.215. The maximum atomic E-state index is 13.2. The molecule has 118 valence electrons. The molecule has 0 aromatic rings. The highest BCUT2D eigenvalue weighted by Gasteiger charge is 2.89. The van der Waals surface area contributed by atoms with Crippen LogP contribution in [0.1, 0.15) is 0 Å². The largest absolute Gasteiger partial charge is 0.465 e. The smallest absolute Gasteiger partial charge is 0.458 e. The predicted molar refractivity (Wildman–Crippen MR) is 37.8 cm³/mol. The van der Waals surface area contributed by atoms with Gasteiger partial charge in [0.2, 0.25) is 0 Å². The van der Waals surface area contributed by atoms with Crippen LogP contribution >= 0.6 is 0 Å². The fourth-order valence-electron chi connectivity index (χ4n) is 1.20. The molecule has 0 spiro atoms. The Labute approximate surface area is 103 Å². The summed E-state index contributed by atoms with van der Waals surface area (Å²) in [6.45, 7) is 0. The van der Waals surface area contributed by atoms with Crippen molar-refractivity contribution in [1.29, 1.82) is 0 Å². The minimum atomic E-state index is -6.61. The van der Waals surface area contributed by atoms with Crippen LogP contribution in [0.25, 0.3) is 0 Å². The number of hydrogen-bond acceptors (Lipinski definition) is 4. The standard InChI is InChI=1S/C7H3F9O4/c1-18-2(17)3(5(9,10)11)19-4(8,6(12,13)14)7(15,16)20-3/h1H3. The molecule has 0 aromatic carbocycles. The summed E-state index contributed by atoms with van der Waals surface area (Å²) in [6.07, 6.45) is -19.0. The van der Waals surface area contributed by atoms with Crippen molar-refractivity contribution in [3.05, 3.63) is 0 Å². The van der Waals surface area contributed by atoms with Gasteiger partial charge in [0.1, 0.15) is 0 Å². The van der Waals surface area contributed by atoms with E-state index in [1.165, 1.54) is 0 Å². The topological polar surface area (TPSA) is 44.8 Å². The molecule has 0 aromatic heterocycles. The zero-order valence-corrected chi connectivity index (χ0v) is 9.03. The molecule has 1 rings (SSSR count). The highest BCUT2D eigenvalue weighted by molar-refractivity contribution is 5.79. The van der Waals surface area contributed by atoms with E-state index >= 15 is 0 Å². The van der Waals surface area contributed by atoms with E-state index < -0.39 is 36.1 Å². The zero-order valence-electron chi connectivity index (χ0n) is 9.03. The third-order valence-electron chi connectivity index (χ3n) is 2.12. The molecule has 4 nitrogen and oxygen atoms in total. The maximum Gasteiger partial charge on any atom is 0.458 e. The highest BCUT2D eigenvalue weighted by Crippen LogP contribution is 2.59. The van der Waals surface area contributed by atoms with Crippen LogP contribution in [0.2, 0.25) is 0 Å². The third kappa shape index (κ3) is 1.99. The van der Waals surface area contributed by atoms with Gasteiger partial charge in [0.25, 0.3) is 0 Å². The summed E-state index contributed by atoms with van der Waals surface area (Å²) in [6, 6.07) is 0. The molecule has 2 unspecified atom stereocenters. The Morgan fingerprint density at radius 2 is 1.40 bits per heavy atom. The van der Waals surface area contributed by atoms with E-state index in [1.807, 2.05) is 0 Å². The first-order valence-electron chi connectivity index (χ1n) is 4.33. The van der Waals surface area contributed by atoms with Crippen LogP contribution in [0.3, 0.4) is 0 Å². The van der Waals surface area contributed by atoms with Crippen molar-refractivity contribution in [2.24, 2.45) is 0 Å². The molecule has 0 saturated carbocycles. The number of ether oxygens (including phenoxy) is 3. The molecule has 1 fully saturated rings. The Balaban J connectivity index is 3.47. The second-order valence-corrected chi connectivity index (χ2v) is 3.42. The first-order valence-corrected chi connectivity index (χ1v) is 4.33. The number of halogens is 9. The Morgan fingerprint density at radius 3 is 1.65 bits per heavy atom. The summed E-state index contributed by atoms with van der Waals surface area (Å²) in [5, 5.41) is 0. The number of carbonyl (C=O) groups excluding carboxylic acids is 1. The fraction of sp³-hybridized carbons (Fsp3) is 0.857. The molecule has 1 aliphatic rings. The first kappa shape index (κ1) is 16.8. The molecule has 0 N–H and O–H groups in total. The minimum Gasteiger partial charge on any atom is -0.465 e. The molecule has 0 radical (unpaired) electrons. The van der Waals surface area contributed by atoms with Gasteiger partial charge in [0.15, 0.2) is 0 Å². The molecule has 1 heterocycles. The lowest BCUT2D eigenvalue weighted by Crippen LogP contribution is -2.56. The van der Waals surface area contributed by atoms with E-state index in [0.717, 1.165) is 0 Å². The Morgan fingerprint density at radius 1 is 0.950 bits per heavy atom. The fourth-order valence-corrected chi connectivity index (χ4v) is 1.20. The summed E-state index contributed by atoms with van der Waals surface area (Å²) in [7, 11) is 0.215. The lowest BCUT2D eigenvalue weighted by atomic mass is 10.2. The van der Waals surface area contributed by atoms with Gasteiger partial charge in [-0.1, -0.05) is 0 Å². The monoisotopic (exact) mass is 322 g/mol. The van der Waals surface area contributed by atoms with Gasteiger partial charge in [-0.25, -0.2) is 4.79 Å². The van der Waals surface area contributed by atoms with Crippen LogP contribution in [-0.4, -0.2) is 43.2 Å². The van der Waals surface area contributed by atoms with Crippen molar-refractivity contribution < 1.29 is 58.5 Å². The van der Waals surface area contributed by atoms with Gasteiger partial charge in [-0.15, -0.1) is 0 Å². The van der Waals surface area contributed by atoms with Gasteiger partial charge in [-0.3, -0.25) is 9.47 Å². The average molecular weight is 322 g/mol. The number of alkyl halides is 9. The zero-order chi connectivity index (χ0) is 16.2. The SMILES string of the molecule is COC(=O)C1(C(F)(F)F)OC(F)(F)C(F)(C(F)(F)F)O1. The number of carbonyl (C=O) groups is 1. The molecule has 0 bridgehead atoms. The van der Waals surface area contributed by atoms with E-state index in [2.05, 4.69) is 14.2 Å². The lowest BCUT2D eigenvalue weighted by Gasteiger charge is -2.27. The summed E-state index contributed by atoms with van der Waals surface area (Å²) in [5.41, 5.74) is 0. The van der Waals surface area contributed by atoms with Crippen LogP contribution in [-0.2, 0) is 19.0 Å². The Kier molecular flexibility index (Phi) is 3.47. The average Bonchev–Trinajstić information content (AvgIpc) is 2.46. The number of hydrogen-bond donors (Lipinski definition) is 0. The molecule has 1 saturated heterocycles. The number of esters is 1. The molecule has 1 aliphatic heterocycles. The van der Waals surface area contributed by atoms with E-state index in [0.29, 0.717) is 0 Å². The van der Waals surface area contributed by atoms with Crippen molar-refractivity contribution >= 4 is 5.97 Å². The van der Waals surface area contributed by atoms with Gasteiger partial charge in [0.05, 0.1) is 7.11 Å². The van der Waals surface area contributed by atoms with Crippen molar-refractivity contribution in [2.75, 3.05) is 7.11 Å². The molecule has 13 heteroatoms. The van der Waals surface area contributed by atoms with E-state index in [4.69, 9.17) is 0 Å². The summed E-state index contributed by atoms with van der Waals surface area (Å²) >= 11 is 0. The Hall–Kier alpha value is -1.24. The highest BCUT2D eigenvalue weighted by atomic mass is 19.4. The van der Waals surface area contributed by atoms with Gasteiger partial charge in [0, 0.05) is 0 Å². The second-order valence-electron chi connectivity index (χ2n) is 3.42. The second kappa shape index (κ2) is 4.13. The van der Waals surface area contributed by atoms with Crippen molar-refractivity contribution in [3.63, 3.8) is 0 Å². The first-order chi connectivity index (χ1) is 8.65. The normalized spacial score (nSPS) is 34.1. The number of methoxy groups -OCH3 is 1.